The highest BCUT2D eigenvalue weighted by Gasteiger charge is 2.24. The van der Waals surface area contributed by atoms with E-state index in [1.54, 1.807) is 0 Å². The van der Waals surface area contributed by atoms with Crippen LogP contribution in [0.5, 0.6) is 0 Å². The molecule has 0 saturated carbocycles. The molecule has 1 heterocycles. The molecular formula is C16H24BrNO2. The molecule has 0 aliphatic carbocycles. The summed E-state index contributed by atoms with van der Waals surface area (Å²) in [5.41, 5.74) is 1.20. The number of benzene rings is 1. The molecule has 1 aromatic rings. The fraction of sp³-hybridized carbons (Fsp3) is 0.625. The molecule has 3 nitrogen and oxygen atoms in total. The Morgan fingerprint density at radius 2 is 2.00 bits per heavy atom. The minimum Gasteiger partial charge on any atom is -0.374 e. The normalized spacial score (nSPS) is 22.3. The Labute approximate surface area is 130 Å². The summed E-state index contributed by atoms with van der Waals surface area (Å²) in [6, 6.07) is 8.24. The van der Waals surface area contributed by atoms with Crippen molar-refractivity contribution in [2.45, 2.75) is 45.0 Å². The predicted octanol–water partition coefficient (Wildman–Crippen LogP) is 3.51. The number of nitrogens with one attached hydrogen (secondary N) is 1. The van der Waals surface area contributed by atoms with Gasteiger partial charge in [0.1, 0.15) is 0 Å². The Kier molecular flexibility index (Phi) is 7.00. The minimum atomic E-state index is 0.263. The van der Waals surface area contributed by atoms with E-state index in [0.717, 1.165) is 30.4 Å². The van der Waals surface area contributed by atoms with E-state index in [4.69, 9.17) is 9.47 Å². The zero-order valence-electron chi connectivity index (χ0n) is 12.1. The van der Waals surface area contributed by atoms with Crippen LogP contribution in [0.4, 0.5) is 0 Å². The third kappa shape index (κ3) is 5.52. The second-order valence-corrected chi connectivity index (χ2v) is 6.22. The van der Waals surface area contributed by atoms with Crippen LogP contribution in [-0.4, -0.2) is 31.9 Å². The van der Waals surface area contributed by atoms with Crippen molar-refractivity contribution >= 4 is 15.9 Å². The number of ether oxygens (including phenoxy) is 2. The van der Waals surface area contributed by atoms with Gasteiger partial charge in [0.15, 0.2) is 0 Å². The summed E-state index contributed by atoms with van der Waals surface area (Å²) in [7, 11) is 0. The van der Waals surface area contributed by atoms with Gasteiger partial charge in [0.2, 0.25) is 0 Å². The van der Waals surface area contributed by atoms with E-state index in [1.165, 1.54) is 12.0 Å². The quantitative estimate of drug-likeness (QED) is 0.734. The van der Waals surface area contributed by atoms with E-state index in [2.05, 4.69) is 40.3 Å². The molecule has 20 heavy (non-hydrogen) atoms. The average molecular weight is 342 g/mol. The lowest BCUT2D eigenvalue weighted by Gasteiger charge is -2.14. The fourth-order valence-electron chi connectivity index (χ4n) is 2.38. The molecule has 0 radical (unpaired) electrons. The van der Waals surface area contributed by atoms with Gasteiger partial charge >= 0.3 is 0 Å². The zero-order chi connectivity index (χ0) is 14.2. The Bertz CT molecular complexity index is 383. The van der Waals surface area contributed by atoms with Gasteiger partial charge in [-0.15, -0.1) is 0 Å². The molecule has 0 amide bonds. The van der Waals surface area contributed by atoms with E-state index in [-0.39, 0.29) is 6.10 Å². The maximum atomic E-state index is 5.97. The van der Waals surface area contributed by atoms with Crippen LogP contribution in [-0.2, 0) is 16.1 Å². The smallest absolute Gasteiger partial charge is 0.0814 e. The molecule has 1 aliphatic rings. The minimum absolute atomic E-state index is 0.263. The van der Waals surface area contributed by atoms with Gasteiger partial charge in [-0.1, -0.05) is 35.0 Å². The molecule has 0 bridgehead atoms. The van der Waals surface area contributed by atoms with Crippen LogP contribution in [0, 0.1) is 0 Å². The Morgan fingerprint density at radius 1 is 1.25 bits per heavy atom. The Hall–Kier alpha value is -0.420. The van der Waals surface area contributed by atoms with Crippen molar-refractivity contribution in [3.8, 4) is 0 Å². The lowest BCUT2D eigenvalue weighted by Crippen LogP contribution is -2.28. The molecule has 0 spiro atoms. The number of halogens is 1. The van der Waals surface area contributed by atoms with Gasteiger partial charge in [-0.3, -0.25) is 0 Å². The highest BCUT2D eigenvalue weighted by Crippen LogP contribution is 2.20. The van der Waals surface area contributed by atoms with E-state index < -0.39 is 0 Å². The Morgan fingerprint density at radius 3 is 2.75 bits per heavy atom. The molecule has 2 rings (SSSR count). The number of hydrogen-bond donors (Lipinski definition) is 1. The lowest BCUT2D eigenvalue weighted by molar-refractivity contribution is -0.0189. The summed E-state index contributed by atoms with van der Waals surface area (Å²) in [6.45, 7) is 5.58. The van der Waals surface area contributed by atoms with Gasteiger partial charge < -0.3 is 14.8 Å². The molecule has 1 N–H and O–H groups in total. The van der Waals surface area contributed by atoms with Gasteiger partial charge in [0.05, 0.1) is 25.4 Å². The molecule has 4 heteroatoms. The number of hydrogen-bond acceptors (Lipinski definition) is 3. The highest BCUT2D eigenvalue weighted by atomic mass is 79.9. The maximum absolute atomic E-state index is 5.97. The summed E-state index contributed by atoms with van der Waals surface area (Å²) >= 11 is 3.43. The first-order valence-corrected chi connectivity index (χ1v) is 8.25. The molecule has 0 aromatic heterocycles. The third-order valence-electron chi connectivity index (χ3n) is 3.48. The van der Waals surface area contributed by atoms with Gasteiger partial charge in [-0.05, 0) is 43.5 Å². The first-order chi connectivity index (χ1) is 9.78. The Balaban J connectivity index is 1.59. The summed E-state index contributed by atoms with van der Waals surface area (Å²) in [4.78, 5) is 0. The van der Waals surface area contributed by atoms with Gasteiger partial charge in [0, 0.05) is 11.0 Å². The van der Waals surface area contributed by atoms with Crippen LogP contribution in [0.25, 0.3) is 0 Å². The van der Waals surface area contributed by atoms with Crippen molar-refractivity contribution in [3.63, 3.8) is 0 Å². The summed E-state index contributed by atoms with van der Waals surface area (Å²) < 4.78 is 12.8. The molecule has 112 valence electrons. The van der Waals surface area contributed by atoms with Crippen LogP contribution in [0.2, 0.25) is 0 Å². The van der Waals surface area contributed by atoms with Crippen LogP contribution in [0.1, 0.15) is 31.7 Å². The summed E-state index contributed by atoms with van der Waals surface area (Å²) in [6.07, 6.45) is 4.05. The standard InChI is InChI=1S/C16H24BrNO2/c1-2-9-18-10-15-7-8-16(20-15)12-19-11-13-3-5-14(17)6-4-13/h3-6,15-16,18H,2,7-12H2,1H3. The van der Waals surface area contributed by atoms with Gasteiger partial charge in [-0.25, -0.2) is 0 Å². The van der Waals surface area contributed by atoms with Crippen molar-refractivity contribution < 1.29 is 9.47 Å². The molecule has 1 saturated heterocycles. The van der Waals surface area contributed by atoms with Crippen molar-refractivity contribution in [2.75, 3.05) is 19.7 Å². The molecule has 2 unspecified atom stereocenters. The molecule has 1 aromatic carbocycles. The third-order valence-corrected chi connectivity index (χ3v) is 4.01. The average Bonchev–Trinajstić information content (AvgIpc) is 2.89. The maximum Gasteiger partial charge on any atom is 0.0814 e. The van der Waals surface area contributed by atoms with Crippen molar-refractivity contribution in [3.05, 3.63) is 34.3 Å². The predicted molar refractivity (Wildman–Crippen MR) is 84.9 cm³/mol. The monoisotopic (exact) mass is 341 g/mol. The van der Waals surface area contributed by atoms with Gasteiger partial charge in [0.25, 0.3) is 0 Å². The first kappa shape index (κ1) is 16.0. The number of rotatable bonds is 8. The summed E-state index contributed by atoms with van der Waals surface area (Å²) in [5.74, 6) is 0. The highest BCUT2D eigenvalue weighted by molar-refractivity contribution is 9.10. The topological polar surface area (TPSA) is 30.5 Å². The second kappa shape index (κ2) is 8.78. The van der Waals surface area contributed by atoms with Crippen LogP contribution in [0.15, 0.2) is 28.7 Å². The van der Waals surface area contributed by atoms with Crippen molar-refractivity contribution in [2.24, 2.45) is 0 Å². The van der Waals surface area contributed by atoms with E-state index in [9.17, 15) is 0 Å². The SMILES string of the molecule is CCCNCC1CCC(COCc2ccc(Br)cc2)O1. The fourth-order valence-corrected chi connectivity index (χ4v) is 2.65. The molecule has 1 fully saturated rings. The van der Waals surface area contributed by atoms with E-state index >= 15 is 0 Å². The molecule has 1 aliphatic heterocycles. The van der Waals surface area contributed by atoms with E-state index in [1.807, 2.05) is 12.1 Å². The second-order valence-electron chi connectivity index (χ2n) is 5.30. The first-order valence-electron chi connectivity index (χ1n) is 7.46. The molecular weight excluding hydrogens is 318 g/mol. The summed E-state index contributed by atoms with van der Waals surface area (Å²) in [5, 5.41) is 3.41. The van der Waals surface area contributed by atoms with Crippen LogP contribution >= 0.6 is 15.9 Å². The van der Waals surface area contributed by atoms with Crippen molar-refractivity contribution in [1.29, 1.82) is 0 Å². The van der Waals surface area contributed by atoms with E-state index in [0.29, 0.717) is 19.3 Å². The largest absolute Gasteiger partial charge is 0.374 e. The van der Waals surface area contributed by atoms with Gasteiger partial charge in [-0.2, -0.15) is 0 Å². The zero-order valence-corrected chi connectivity index (χ0v) is 13.7. The van der Waals surface area contributed by atoms with Crippen molar-refractivity contribution in [1.82, 2.24) is 5.32 Å². The van der Waals surface area contributed by atoms with Crippen LogP contribution < -0.4 is 5.32 Å². The van der Waals surface area contributed by atoms with Crippen LogP contribution in [0.3, 0.4) is 0 Å². The lowest BCUT2D eigenvalue weighted by atomic mass is 10.2. The molecule has 2 atom stereocenters.